The fourth-order valence-corrected chi connectivity index (χ4v) is 3.93. The quantitative estimate of drug-likeness (QED) is 0.457. The number of benzene rings is 3. The monoisotopic (exact) mass is 411 g/mol. The molecule has 2 heterocycles. The van der Waals surface area contributed by atoms with E-state index in [4.69, 9.17) is 19.4 Å². The van der Waals surface area contributed by atoms with Crippen LogP contribution >= 0.6 is 0 Å². The van der Waals surface area contributed by atoms with Crippen LogP contribution in [0.2, 0.25) is 0 Å². The molecule has 31 heavy (non-hydrogen) atoms. The Morgan fingerprint density at radius 3 is 2.03 bits per heavy atom. The molecule has 3 aromatic carbocycles. The Morgan fingerprint density at radius 2 is 1.39 bits per heavy atom. The van der Waals surface area contributed by atoms with Crippen molar-refractivity contribution >= 4 is 11.0 Å². The van der Waals surface area contributed by atoms with Crippen LogP contribution in [0.25, 0.3) is 11.0 Å². The van der Waals surface area contributed by atoms with Crippen LogP contribution in [0.1, 0.15) is 22.3 Å². The molecule has 0 saturated heterocycles. The molecule has 1 aliphatic heterocycles. The minimum absolute atomic E-state index is 0.415. The van der Waals surface area contributed by atoms with Gasteiger partial charge in [0.05, 0.1) is 11.0 Å². The van der Waals surface area contributed by atoms with E-state index in [-0.39, 0.29) is 0 Å². The molecule has 0 amide bonds. The van der Waals surface area contributed by atoms with E-state index in [1.165, 1.54) is 11.1 Å². The molecule has 0 radical (unpaired) electrons. The van der Waals surface area contributed by atoms with Gasteiger partial charge in [0.1, 0.15) is 13.2 Å². The van der Waals surface area contributed by atoms with Crippen molar-refractivity contribution < 1.29 is 9.47 Å². The van der Waals surface area contributed by atoms with Gasteiger partial charge in [0.15, 0.2) is 0 Å². The van der Waals surface area contributed by atoms with Crippen molar-refractivity contribution in [3.05, 3.63) is 95.1 Å². The van der Waals surface area contributed by atoms with Gasteiger partial charge in [-0.15, -0.1) is 0 Å². The van der Waals surface area contributed by atoms with Gasteiger partial charge in [-0.1, -0.05) is 66.7 Å². The summed E-state index contributed by atoms with van der Waals surface area (Å²) in [6.45, 7) is 2.78. The van der Waals surface area contributed by atoms with E-state index >= 15 is 0 Å². The zero-order chi connectivity index (χ0) is 21.0. The summed E-state index contributed by atoms with van der Waals surface area (Å²) >= 11 is 0. The molecule has 5 nitrogen and oxygen atoms in total. The number of ether oxygens (including phenoxy) is 2. The molecule has 0 saturated carbocycles. The van der Waals surface area contributed by atoms with Crippen LogP contribution in [-0.2, 0) is 26.2 Å². The molecule has 5 rings (SSSR count). The van der Waals surface area contributed by atoms with Crippen molar-refractivity contribution in [2.45, 2.75) is 26.2 Å². The van der Waals surface area contributed by atoms with Gasteiger partial charge in [-0.25, -0.2) is 9.97 Å². The van der Waals surface area contributed by atoms with Gasteiger partial charge >= 0.3 is 0 Å². The van der Waals surface area contributed by atoms with Gasteiger partial charge in [0.25, 0.3) is 11.8 Å². The van der Waals surface area contributed by atoms with Gasteiger partial charge in [-0.3, -0.25) is 0 Å². The number of aromatic nitrogens is 2. The van der Waals surface area contributed by atoms with Gasteiger partial charge in [-0.2, -0.15) is 0 Å². The Balaban J connectivity index is 1.50. The highest BCUT2D eigenvalue weighted by Crippen LogP contribution is 2.32. The Bertz CT molecular complexity index is 1180. The third-order valence-corrected chi connectivity index (χ3v) is 5.60. The van der Waals surface area contributed by atoms with Gasteiger partial charge in [0.2, 0.25) is 0 Å². The first kappa shape index (κ1) is 19.5. The number of fused-ring (bicyclic) bond motifs is 3. The highest BCUT2D eigenvalue weighted by atomic mass is 16.5. The summed E-state index contributed by atoms with van der Waals surface area (Å²) in [4.78, 5) is 12.0. The Labute approximate surface area is 182 Å². The van der Waals surface area contributed by atoms with E-state index in [2.05, 4.69) is 18.0 Å². The molecule has 0 atom stereocenters. The highest BCUT2D eigenvalue weighted by molar-refractivity contribution is 5.81. The second-order valence-corrected chi connectivity index (χ2v) is 7.94. The van der Waals surface area contributed by atoms with Gasteiger partial charge in [0, 0.05) is 13.1 Å². The van der Waals surface area contributed by atoms with Crippen LogP contribution in [0.4, 0.5) is 0 Å². The maximum absolute atomic E-state index is 6.12. The summed E-state index contributed by atoms with van der Waals surface area (Å²) < 4.78 is 12.2. The lowest BCUT2D eigenvalue weighted by molar-refractivity contribution is 0.240. The molecule has 0 N–H and O–H groups in total. The standard InChI is InChI=1S/C26H25N3O2/c1-29-15-14-22-21(16-29)12-13-23-24(22)28-26(31-18-20-10-6-3-7-11-20)25(27-23)30-17-19-8-4-2-5-9-19/h2-13H,14-18H2,1H3. The molecule has 0 spiro atoms. The smallest absolute Gasteiger partial charge is 0.279 e. The molecular weight excluding hydrogens is 386 g/mol. The topological polar surface area (TPSA) is 47.5 Å². The Kier molecular flexibility index (Phi) is 5.50. The first-order valence-corrected chi connectivity index (χ1v) is 10.6. The van der Waals surface area contributed by atoms with Crippen molar-refractivity contribution in [3.63, 3.8) is 0 Å². The van der Waals surface area contributed by atoms with E-state index in [0.29, 0.717) is 25.0 Å². The van der Waals surface area contributed by atoms with Crippen LogP contribution in [0.5, 0.6) is 11.8 Å². The lowest BCUT2D eigenvalue weighted by Crippen LogP contribution is -2.26. The molecular formula is C26H25N3O2. The summed E-state index contributed by atoms with van der Waals surface area (Å²) in [5.41, 5.74) is 6.49. The minimum Gasteiger partial charge on any atom is -0.469 e. The number of nitrogens with zero attached hydrogens (tertiary/aromatic N) is 3. The zero-order valence-corrected chi connectivity index (χ0v) is 17.6. The molecule has 1 aliphatic rings. The molecule has 5 heteroatoms. The lowest BCUT2D eigenvalue weighted by Gasteiger charge is -2.25. The minimum atomic E-state index is 0.415. The van der Waals surface area contributed by atoms with E-state index in [1.54, 1.807) is 0 Å². The van der Waals surface area contributed by atoms with Crippen LogP contribution in [-0.4, -0.2) is 28.5 Å². The van der Waals surface area contributed by atoms with Crippen LogP contribution in [0, 0.1) is 0 Å². The maximum atomic E-state index is 6.12. The second-order valence-electron chi connectivity index (χ2n) is 7.94. The molecule has 4 aromatic rings. The molecule has 0 bridgehead atoms. The Hall–Kier alpha value is -3.44. The van der Waals surface area contributed by atoms with E-state index in [0.717, 1.165) is 41.7 Å². The molecule has 0 aliphatic carbocycles. The number of hydrogen-bond donors (Lipinski definition) is 0. The number of rotatable bonds is 6. The molecule has 156 valence electrons. The lowest BCUT2D eigenvalue weighted by atomic mass is 9.98. The second kappa shape index (κ2) is 8.74. The van der Waals surface area contributed by atoms with Gasteiger partial charge < -0.3 is 14.4 Å². The van der Waals surface area contributed by atoms with E-state index < -0.39 is 0 Å². The maximum Gasteiger partial charge on any atom is 0.279 e. The summed E-state index contributed by atoms with van der Waals surface area (Å²) in [5, 5.41) is 0. The predicted molar refractivity (Wildman–Crippen MR) is 121 cm³/mol. The van der Waals surface area contributed by atoms with Crippen molar-refractivity contribution in [1.29, 1.82) is 0 Å². The fourth-order valence-electron chi connectivity index (χ4n) is 3.93. The average molecular weight is 412 g/mol. The number of likely N-dealkylation sites (N-methyl/N-ethyl adjacent to an activating group) is 1. The largest absolute Gasteiger partial charge is 0.469 e. The zero-order valence-electron chi connectivity index (χ0n) is 17.6. The van der Waals surface area contributed by atoms with Crippen molar-refractivity contribution in [2.24, 2.45) is 0 Å². The molecule has 1 aromatic heterocycles. The summed E-state index contributed by atoms with van der Waals surface area (Å²) in [5.74, 6) is 0.875. The average Bonchev–Trinajstić information content (AvgIpc) is 2.82. The van der Waals surface area contributed by atoms with Crippen LogP contribution < -0.4 is 9.47 Å². The normalized spacial score (nSPS) is 13.7. The highest BCUT2D eigenvalue weighted by Gasteiger charge is 2.20. The van der Waals surface area contributed by atoms with E-state index in [1.807, 2.05) is 66.7 Å². The number of hydrogen-bond acceptors (Lipinski definition) is 5. The first-order chi connectivity index (χ1) is 15.3. The van der Waals surface area contributed by atoms with Crippen molar-refractivity contribution in [3.8, 4) is 11.8 Å². The third-order valence-electron chi connectivity index (χ3n) is 5.60. The summed E-state index contributed by atoms with van der Waals surface area (Å²) in [7, 11) is 2.15. The Morgan fingerprint density at radius 1 is 0.774 bits per heavy atom. The first-order valence-electron chi connectivity index (χ1n) is 10.6. The van der Waals surface area contributed by atoms with Crippen LogP contribution in [0.15, 0.2) is 72.8 Å². The summed E-state index contributed by atoms with van der Waals surface area (Å²) in [6.07, 6.45) is 0.959. The third kappa shape index (κ3) is 4.37. The molecule has 0 fully saturated rings. The van der Waals surface area contributed by atoms with Crippen LogP contribution in [0.3, 0.4) is 0 Å². The van der Waals surface area contributed by atoms with Crippen molar-refractivity contribution in [2.75, 3.05) is 13.6 Å². The fraction of sp³-hybridized carbons (Fsp3) is 0.231. The summed E-state index contributed by atoms with van der Waals surface area (Å²) in [6, 6.07) is 24.3. The SMILES string of the molecule is CN1CCc2c(ccc3nc(OCc4ccccc4)c(OCc4ccccc4)nc23)C1. The van der Waals surface area contributed by atoms with Crippen molar-refractivity contribution in [1.82, 2.24) is 14.9 Å². The van der Waals surface area contributed by atoms with Gasteiger partial charge in [-0.05, 0) is 41.8 Å². The molecule has 0 unspecified atom stereocenters. The predicted octanol–water partition coefficient (Wildman–Crippen LogP) is 4.78. The van der Waals surface area contributed by atoms with E-state index in [9.17, 15) is 0 Å².